The Balaban J connectivity index is 1.86. The number of nitrogens with two attached hydrogens (primary N) is 1. The van der Waals surface area contributed by atoms with E-state index < -0.39 is 5.82 Å². The number of anilines is 1. The van der Waals surface area contributed by atoms with E-state index in [9.17, 15) is 9.18 Å². The molecule has 1 aromatic carbocycles. The summed E-state index contributed by atoms with van der Waals surface area (Å²) >= 11 is 5.68. The maximum atomic E-state index is 13.6. The van der Waals surface area contributed by atoms with E-state index in [1.165, 1.54) is 18.6 Å². The Bertz CT molecular complexity index is 496. The highest BCUT2D eigenvalue weighted by Gasteiger charge is 2.21. The number of nitrogens with zero attached hydrogens (tertiary/aromatic N) is 1. The SMILES string of the molecule is NCCC1CCCN(CC(=O)Nc2ccc(Cl)cc2F)C1. The number of nitrogens with one attached hydrogen (secondary N) is 1. The van der Waals surface area contributed by atoms with Crippen LogP contribution in [-0.4, -0.2) is 37.0 Å². The Morgan fingerprint density at radius 3 is 3.05 bits per heavy atom. The van der Waals surface area contributed by atoms with Crippen molar-refractivity contribution in [2.75, 3.05) is 31.5 Å². The average Bonchev–Trinajstić information content (AvgIpc) is 2.43. The summed E-state index contributed by atoms with van der Waals surface area (Å²) in [5.41, 5.74) is 5.75. The second-order valence-corrected chi connectivity index (χ2v) is 5.93. The highest BCUT2D eigenvalue weighted by Crippen LogP contribution is 2.20. The van der Waals surface area contributed by atoms with Crippen LogP contribution in [0.2, 0.25) is 5.02 Å². The zero-order valence-electron chi connectivity index (χ0n) is 11.9. The molecule has 0 aromatic heterocycles. The number of halogens is 2. The number of benzene rings is 1. The zero-order valence-corrected chi connectivity index (χ0v) is 12.7. The van der Waals surface area contributed by atoms with Crippen LogP contribution in [0.15, 0.2) is 18.2 Å². The van der Waals surface area contributed by atoms with Gasteiger partial charge in [0.05, 0.1) is 12.2 Å². The van der Waals surface area contributed by atoms with Gasteiger partial charge in [0.2, 0.25) is 5.91 Å². The normalized spacial score (nSPS) is 19.5. The number of hydrogen-bond donors (Lipinski definition) is 2. The van der Waals surface area contributed by atoms with Crippen LogP contribution in [-0.2, 0) is 4.79 Å². The molecule has 0 aliphatic carbocycles. The largest absolute Gasteiger partial charge is 0.330 e. The maximum absolute atomic E-state index is 13.6. The minimum atomic E-state index is -0.518. The van der Waals surface area contributed by atoms with Gasteiger partial charge in [-0.3, -0.25) is 9.69 Å². The molecule has 116 valence electrons. The van der Waals surface area contributed by atoms with Gasteiger partial charge in [-0.05, 0) is 56.5 Å². The Labute approximate surface area is 129 Å². The predicted octanol–water partition coefficient (Wildman–Crippen LogP) is 2.48. The van der Waals surface area contributed by atoms with Crippen molar-refractivity contribution in [1.82, 2.24) is 4.90 Å². The summed E-state index contributed by atoms with van der Waals surface area (Å²) in [6, 6.07) is 4.22. The number of likely N-dealkylation sites (tertiary alicyclic amines) is 1. The molecule has 2 rings (SSSR count). The third kappa shape index (κ3) is 4.95. The Hall–Kier alpha value is -1.17. The third-order valence-corrected chi connectivity index (χ3v) is 3.99. The van der Waals surface area contributed by atoms with Crippen LogP contribution in [0.25, 0.3) is 0 Å². The molecule has 6 heteroatoms. The van der Waals surface area contributed by atoms with Crippen molar-refractivity contribution in [3.05, 3.63) is 29.0 Å². The van der Waals surface area contributed by atoms with Crippen LogP contribution < -0.4 is 11.1 Å². The van der Waals surface area contributed by atoms with Crippen molar-refractivity contribution in [2.24, 2.45) is 11.7 Å². The lowest BCUT2D eigenvalue weighted by molar-refractivity contribution is -0.117. The molecule has 1 heterocycles. The van der Waals surface area contributed by atoms with Gasteiger partial charge in [-0.15, -0.1) is 0 Å². The molecule has 1 amide bonds. The first-order valence-electron chi connectivity index (χ1n) is 7.26. The number of carbonyl (C=O) groups excluding carboxylic acids is 1. The second kappa shape index (κ2) is 7.73. The quantitative estimate of drug-likeness (QED) is 0.878. The molecule has 3 N–H and O–H groups in total. The van der Waals surface area contributed by atoms with Gasteiger partial charge in [-0.2, -0.15) is 0 Å². The molecule has 0 saturated carbocycles. The zero-order chi connectivity index (χ0) is 15.2. The van der Waals surface area contributed by atoms with E-state index in [4.69, 9.17) is 17.3 Å². The molecular weight excluding hydrogens is 293 g/mol. The van der Waals surface area contributed by atoms with E-state index in [0.717, 1.165) is 25.9 Å². The lowest BCUT2D eigenvalue weighted by Crippen LogP contribution is -2.41. The van der Waals surface area contributed by atoms with Gasteiger partial charge >= 0.3 is 0 Å². The Morgan fingerprint density at radius 1 is 1.52 bits per heavy atom. The number of amides is 1. The van der Waals surface area contributed by atoms with Crippen molar-refractivity contribution in [2.45, 2.75) is 19.3 Å². The first-order valence-corrected chi connectivity index (χ1v) is 7.63. The van der Waals surface area contributed by atoms with E-state index in [2.05, 4.69) is 10.2 Å². The van der Waals surface area contributed by atoms with Gasteiger partial charge in [-0.25, -0.2) is 4.39 Å². The predicted molar refractivity (Wildman–Crippen MR) is 82.9 cm³/mol. The fraction of sp³-hybridized carbons (Fsp3) is 0.533. The molecule has 1 aliphatic rings. The van der Waals surface area contributed by atoms with Crippen molar-refractivity contribution < 1.29 is 9.18 Å². The summed E-state index contributed by atoms with van der Waals surface area (Å²) in [5.74, 6) is -0.163. The fourth-order valence-corrected chi connectivity index (χ4v) is 2.91. The van der Waals surface area contributed by atoms with Gasteiger partial charge in [0, 0.05) is 11.6 Å². The summed E-state index contributed by atoms with van der Waals surface area (Å²) in [4.78, 5) is 14.1. The van der Waals surface area contributed by atoms with E-state index in [0.29, 0.717) is 17.5 Å². The summed E-state index contributed by atoms with van der Waals surface area (Å²) < 4.78 is 13.6. The van der Waals surface area contributed by atoms with E-state index in [1.54, 1.807) is 6.07 Å². The minimum Gasteiger partial charge on any atom is -0.330 e. The number of carbonyl (C=O) groups is 1. The minimum absolute atomic E-state index is 0.167. The molecule has 0 spiro atoms. The Kier molecular flexibility index (Phi) is 5.96. The average molecular weight is 314 g/mol. The summed E-state index contributed by atoms with van der Waals surface area (Å²) in [7, 11) is 0. The second-order valence-electron chi connectivity index (χ2n) is 5.49. The van der Waals surface area contributed by atoms with Crippen molar-refractivity contribution in [1.29, 1.82) is 0 Å². The summed E-state index contributed by atoms with van der Waals surface area (Å²) in [6.07, 6.45) is 3.23. The number of piperidine rings is 1. The molecule has 1 saturated heterocycles. The topological polar surface area (TPSA) is 58.4 Å². The lowest BCUT2D eigenvalue weighted by atomic mass is 9.95. The van der Waals surface area contributed by atoms with Crippen LogP contribution in [0.3, 0.4) is 0 Å². The highest BCUT2D eigenvalue weighted by atomic mass is 35.5. The molecule has 1 aromatic rings. The van der Waals surface area contributed by atoms with Crippen LogP contribution in [0.5, 0.6) is 0 Å². The van der Waals surface area contributed by atoms with Crippen molar-refractivity contribution in [3.8, 4) is 0 Å². The highest BCUT2D eigenvalue weighted by molar-refractivity contribution is 6.30. The smallest absolute Gasteiger partial charge is 0.238 e. The van der Waals surface area contributed by atoms with Crippen LogP contribution in [0.4, 0.5) is 10.1 Å². The molecule has 0 bridgehead atoms. The molecule has 1 unspecified atom stereocenters. The molecule has 4 nitrogen and oxygen atoms in total. The van der Waals surface area contributed by atoms with Crippen LogP contribution in [0, 0.1) is 11.7 Å². The van der Waals surface area contributed by atoms with Gasteiger partial charge in [0.1, 0.15) is 5.82 Å². The Morgan fingerprint density at radius 2 is 2.33 bits per heavy atom. The van der Waals surface area contributed by atoms with E-state index in [1.807, 2.05) is 0 Å². The van der Waals surface area contributed by atoms with E-state index in [-0.39, 0.29) is 18.1 Å². The van der Waals surface area contributed by atoms with Gasteiger partial charge < -0.3 is 11.1 Å². The first-order chi connectivity index (χ1) is 10.1. The number of rotatable bonds is 5. The molecule has 1 aliphatic heterocycles. The van der Waals surface area contributed by atoms with Crippen molar-refractivity contribution >= 4 is 23.2 Å². The summed E-state index contributed by atoms with van der Waals surface area (Å²) in [6.45, 7) is 2.75. The lowest BCUT2D eigenvalue weighted by Gasteiger charge is -2.32. The third-order valence-electron chi connectivity index (χ3n) is 3.75. The molecule has 0 radical (unpaired) electrons. The molecule has 21 heavy (non-hydrogen) atoms. The van der Waals surface area contributed by atoms with Gasteiger partial charge in [0.25, 0.3) is 0 Å². The molecule has 1 atom stereocenters. The van der Waals surface area contributed by atoms with E-state index >= 15 is 0 Å². The van der Waals surface area contributed by atoms with Crippen LogP contribution in [0.1, 0.15) is 19.3 Å². The van der Waals surface area contributed by atoms with Gasteiger partial charge in [0.15, 0.2) is 0 Å². The van der Waals surface area contributed by atoms with Crippen molar-refractivity contribution in [3.63, 3.8) is 0 Å². The standard InChI is InChI=1S/C15H21ClFN3O/c16-12-3-4-14(13(17)8-12)19-15(21)10-20-7-1-2-11(9-20)5-6-18/h3-4,8,11H,1-2,5-7,9-10,18H2,(H,19,21). The number of hydrogen-bond acceptors (Lipinski definition) is 3. The maximum Gasteiger partial charge on any atom is 0.238 e. The molecule has 1 fully saturated rings. The first kappa shape index (κ1) is 16.2. The fourth-order valence-electron chi connectivity index (χ4n) is 2.75. The van der Waals surface area contributed by atoms with Gasteiger partial charge in [-0.1, -0.05) is 11.6 Å². The summed E-state index contributed by atoms with van der Waals surface area (Å²) in [5, 5.41) is 2.90. The van der Waals surface area contributed by atoms with Crippen LogP contribution >= 0.6 is 11.6 Å². The monoisotopic (exact) mass is 313 g/mol. The molecular formula is C15H21ClFN3O.